The molecular formula is C6H7O6P. The van der Waals surface area contributed by atoms with E-state index in [2.05, 4.69) is 4.52 Å². The average Bonchev–Trinajstić information content (AvgIpc) is 1.94. The molecular weight excluding hydrogens is 199 g/mol. The number of phosphoric acid groups is 1. The van der Waals surface area contributed by atoms with Crippen LogP contribution >= 0.6 is 7.82 Å². The minimum atomic E-state index is -4.62. The van der Waals surface area contributed by atoms with Crippen LogP contribution in [0.4, 0.5) is 0 Å². The van der Waals surface area contributed by atoms with E-state index in [1.54, 1.807) is 0 Å². The van der Waals surface area contributed by atoms with Crippen LogP contribution in [0.15, 0.2) is 18.2 Å². The number of phenols is 2. The molecule has 0 amide bonds. The summed E-state index contributed by atoms with van der Waals surface area (Å²) in [5.74, 6) is -1.12. The maximum atomic E-state index is 10.3. The summed E-state index contributed by atoms with van der Waals surface area (Å²) in [6, 6.07) is 3.07. The molecule has 13 heavy (non-hydrogen) atoms. The van der Waals surface area contributed by atoms with Gasteiger partial charge in [0.25, 0.3) is 0 Å². The summed E-state index contributed by atoms with van der Waals surface area (Å²) >= 11 is 0. The molecule has 0 aliphatic carbocycles. The van der Waals surface area contributed by atoms with Gasteiger partial charge in [0.2, 0.25) is 0 Å². The number of hydrogen-bond donors (Lipinski definition) is 4. The maximum Gasteiger partial charge on any atom is 0.524 e. The van der Waals surface area contributed by atoms with Gasteiger partial charge in [0.15, 0.2) is 11.5 Å². The number of benzene rings is 1. The first kappa shape index (κ1) is 9.85. The van der Waals surface area contributed by atoms with Crippen LogP contribution in [0.25, 0.3) is 0 Å². The Morgan fingerprint density at radius 1 is 1.15 bits per heavy atom. The molecule has 4 N–H and O–H groups in total. The summed E-state index contributed by atoms with van der Waals surface area (Å²) in [7, 11) is -4.62. The van der Waals surface area contributed by atoms with E-state index in [0.717, 1.165) is 18.2 Å². The Morgan fingerprint density at radius 3 is 2.23 bits per heavy atom. The van der Waals surface area contributed by atoms with Crippen molar-refractivity contribution in [2.75, 3.05) is 0 Å². The zero-order valence-corrected chi connectivity index (χ0v) is 7.18. The smallest absolute Gasteiger partial charge is 0.504 e. The van der Waals surface area contributed by atoms with Gasteiger partial charge in [-0.3, -0.25) is 9.79 Å². The van der Waals surface area contributed by atoms with Crippen LogP contribution in [0.1, 0.15) is 0 Å². The van der Waals surface area contributed by atoms with Gasteiger partial charge >= 0.3 is 7.82 Å². The van der Waals surface area contributed by atoms with Crippen molar-refractivity contribution >= 4 is 7.82 Å². The standard InChI is InChI=1S/C6H7O6P/c7-5-2-1-4(3-6(5)8)12-13(9,10)11/h1-3,7-8H,(H2,9,10,11). The molecule has 1 aromatic rings. The third-order valence-electron chi connectivity index (χ3n) is 1.17. The lowest BCUT2D eigenvalue weighted by Gasteiger charge is -2.06. The molecule has 6 nitrogen and oxygen atoms in total. The van der Waals surface area contributed by atoms with E-state index in [1.807, 2.05) is 0 Å². The van der Waals surface area contributed by atoms with Crippen molar-refractivity contribution in [3.05, 3.63) is 18.2 Å². The van der Waals surface area contributed by atoms with Crippen LogP contribution in [0, 0.1) is 0 Å². The van der Waals surface area contributed by atoms with Crippen LogP contribution in [0.2, 0.25) is 0 Å². The molecule has 0 saturated heterocycles. The molecule has 0 spiro atoms. The van der Waals surface area contributed by atoms with Crippen LogP contribution in [-0.4, -0.2) is 20.0 Å². The van der Waals surface area contributed by atoms with E-state index >= 15 is 0 Å². The Balaban J connectivity index is 2.92. The molecule has 7 heteroatoms. The number of phenolic OH excluding ortho intramolecular Hbond substituents is 2. The molecule has 0 aliphatic rings. The quantitative estimate of drug-likeness (QED) is 0.416. The summed E-state index contributed by atoms with van der Waals surface area (Å²) in [4.78, 5) is 16.8. The van der Waals surface area contributed by atoms with Crippen LogP contribution in [0.3, 0.4) is 0 Å². The minimum absolute atomic E-state index is 0.219. The van der Waals surface area contributed by atoms with E-state index in [0.29, 0.717) is 0 Å². The van der Waals surface area contributed by atoms with Gasteiger partial charge in [-0.2, -0.15) is 0 Å². The number of rotatable bonds is 2. The second-order valence-electron chi connectivity index (χ2n) is 2.23. The third-order valence-corrected chi connectivity index (χ3v) is 1.62. The fraction of sp³-hybridized carbons (Fsp3) is 0. The predicted molar refractivity (Wildman–Crippen MR) is 42.4 cm³/mol. The Labute approximate surface area is 73.3 Å². The predicted octanol–water partition coefficient (Wildman–Crippen LogP) is 0.569. The SMILES string of the molecule is O=P(O)(O)Oc1ccc(O)c(O)c1. The van der Waals surface area contributed by atoms with Gasteiger partial charge in [0, 0.05) is 6.07 Å². The Kier molecular flexibility index (Phi) is 2.47. The molecule has 0 aromatic heterocycles. The number of phosphoric ester groups is 1. The highest BCUT2D eigenvalue weighted by molar-refractivity contribution is 7.46. The number of hydrogen-bond acceptors (Lipinski definition) is 4. The van der Waals surface area contributed by atoms with Crippen LogP contribution in [0.5, 0.6) is 17.2 Å². The summed E-state index contributed by atoms with van der Waals surface area (Å²) in [6.45, 7) is 0. The second-order valence-corrected chi connectivity index (χ2v) is 3.40. The van der Waals surface area contributed by atoms with Crippen molar-refractivity contribution < 1.29 is 29.1 Å². The highest BCUT2D eigenvalue weighted by atomic mass is 31.2. The van der Waals surface area contributed by atoms with E-state index in [9.17, 15) is 4.57 Å². The molecule has 0 fully saturated rings. The molecule has 0 heterocycles. The Morgan fingerprint density at radius 2 is 1.77 bits per heavy atom. The third kappa shape index (κ3) is 2.95. The summed E-state index contributed by atoms with van der Waals surface area (Å²) in [5, 5.41) is 17.8. The molecule has 0 saturated carbocycles. The van der Waals surface area contributed by atoms with Gasteiger partial charge in [-0.1, -0.05) is 0 Å². The lowest BCUT2D eigenvalue weighted by molar-refractivity contribution is 0.282. The molecule has 1 aromatic carbocycles. The first-order valence-corrected chi connectivity index (χ1v) is 4.68. The van der Waals surface area contributed by atoms with Gasteiger partial charge in [0.05, 0.1) is 0 Å². The van der Waals surface area contributed by atoms with Crippen molar-refractivity contribution in [1.29, 1.82) is 0 Å². The zero-order valence-electron chi connectivity index (χ0n) is 6.28. The molecule has 0 atom stereocenters. The Hall–Kier alpha value is -1.23. The highest BCUT2D eigenvalue weighted by Crippen LogP contribution is 2.39. The van der Waals surface area contributed by atoms with Gasteiger partial charge < -0.3 is 14.7 Å². The first-order valence-electron chi connectivity index (χ1n) is 3.15. The first-order chi connectivity index (χ1) is 5.88. The number of aromatic hydroxyl groups is 2. The molecule has 0 radical (unpaired) electrons. The van der Waals surface area contributed by atoms with E-state index in [-0.39, 0.29) is 5.75 Å². The van der Waals surface area contributed by atoms with Crippen LogP contribution in [-0.2, 0) is 4.57 Å². The normalized spacial score (nSPS) is 11.2. The van der Waals surface area contributed by atoms with E-state index in [4.69, 9.17) is 20.0 Å². The lowest BCUT2D eigenvalue weighted by Crippen LogP contribution is -1.89. The second kappa shape index (κ2) is 3.26. The Bertz CT molecular complexity index is 356. The molecule has 0 bridgehead atoms. The van der Waals surface area contributed by atoms with Gasteiger partial charge in [-0.15, -0.1) is 0 Å². The highest BCUT2D eigenvalue weighted by Gasteiger charge is 2.16. The molecule has 0 unspecified atom stereocenters. The molecule has 1 rings (SSSR count). The van der Waals surface area contributed by atoms with Gasteiger partial charge in [-0.05, 0) is 12.1 Å². The van der Waals surface area contributed by atoms with Crippen molar-refractivity contribution in [3.63, 3.8) is 0 Å². The fourth-order valence-corrected chi connectivity index (χ4v) is 1.09. The van der Waals surface area contributed by atoms with Crippen LogP contribution < -0.4 is 4.52 Å². The topological polar surface area (TPSA) is 107 Å². The largest absolute Gasteiger partial charge is 0.524 e. The van der Waals surface area contributed by atoms with Gasteiger partial charge in [-0.25, -0.2) is 4.57 Å². The van der Waals surface area contributed by atoms with Crippen molar-refractivity contribution in [1.82, 2.24) is 0 Å². The summed E-state index contributed by atoms with van der Waals surface area (Å²) in [5.41, 5.74) is 0. The lowest BCUT2D eigenvalue weighted by atomic mass is 10.3. The van der Waals surface area contributed by atoms with Crippen molar-refractivity contribution in [3.8, 4) is 17.2 Å². The van der Waals surface area contributed by atoms with Crippen molar-refractivity contribution in [2.45, 2.75) is 0 Å². The molecule has 0 aliphatic heterocycles. The van der Waals surface area contributed by atoms with Gasteiger partial charge in [0.1, 0.15) is 5.75 Å². The van der Waals surface area contributed by atoms with E-state index in [1.165, 1.54) is 0 Å². The monoisotopic (exact) mass is 206 g/mol. The fourth-order valence-electron chi connectivity index (χ4n) is 0.697. The summed E-state index contributed by atoms with van der Waals surface area (Å²) < 4.78 is 14.5. The molecule has 72 valence electrons. The van der Waals surface area contributed by atoms with Crippen molar-refractivity contribution in [2.24, 2.45) is 0 Å². The minimum Gasteiger partial charge on any atom is -0.504 e. The zero-order chi connectivity index (χ0) is 10.1. The summed E-state index contributed by atoms with van der Waals surface area (Å²) in [6.07, 6.45) is 0. The average molecular weight is 206 g/mol. The van der Waals surface area contributed by atoms with E-state index < -0.39 is 19.3 Å². The maximum absolute atomic E-state index is 10.3.